The Balaban J connectivity index is 0.00000288. The van der Waals surface area contributed by atoms with Gasteiger partial charge in [-0.15, -0.1) is 35.3 Å². The predicted molar refractivity (Wildman–Crippen MR) is 114 cm³/mol. The molecule has 0 atom stereocenters. The van der Waals surface area contributed by atoms with Gasteiger partial charge in [-0.1, -0.05) is 11.6 Å². The molecule has 1 N–H and O–H groups in total. The van der Waals surface area contributed by atoms with E-state index in [2.05, 4.69) is 24.8 Å². The molecule has 2 aromatic heterocycles. The van der Waals surface area contributed by atoms with Crippen molar-refractivity contribution in [2.75, 3.05) is 33.1 Å². The summed E-state index contributed by atoms with van der Waals surface area (Å²) >= 11 is 7.57. The van der Waals surface area contributed by atoms with Crippen LogP contribution in [0.5, 0.6) is 0 Å². The number of rotatable bonds is 5. The largest absolute Gasteiger partial charge is 0.351 e. The fourth-order valence-electron chi connectivity index (χ4n) is 2.31. The van der Waals surface area contributed by atoms with E-state index in [0.29, 0.717) is 6.54 Å². The second kappa shape index (κ2) is 9.47. The second-order valence-electron chi connectivity index (χ2n) is 5.47. The lowest BCUT2D eigenvalue weighted by atomic mass is 10.4. The van der Waals surface area contributed by atoms with Gasteiger partial charge in [0, 0.05) is 40.1 Å². The first-order chi connectivity index (χ1) is 10.9. The Morgan fingerprint density at radius 1 is 1.38 bits per heavy atom. The van der Waals surface area contributed by atoms with Gasteiger partial charge in [0.05, 0.1) is 29.3 Å². The Morgan fingerprint density at radius 2 is 2.08 bits per heavy atom. The van der Waals surface area contributed by atoms with Crippen molar-refractivity contribution in [2.45, 2.75) is 13.1 Å². The number of aromatic nitrogens is 2. The molecule has 134 valence electrons. The molecule has 6 nitrogen and oxygen atoms in total. The van der Waals surface area contributed by atoms with Gasteiger partial charge in [0.25, 0.3) is 0 Å². The lowest BCUT2D eigenvalue weighted by Crippen LogP contribution is -2.38. The maximum Gasteiger partial charge on any atom is 0.204 e. The molecule has 0 bridgehead atoms. The van der Waals surface area contributed by atoms with Crippen molar-refractivity contribution in [3.63, 3.8) is 0 Å². The van der Waals surface area contributed by atoms with Crippen LogP contribution in [0.2, 0.25) is 4.34 Å². The van der Waals surface area contributed by atoms with Crippen LogP contribution in [0.1, 0.15) is 10.6 Å². The highest BCUT2D eigenvalue weighted by Crippen LogP contribution is 2.22. The molecule has 2 aromatic rings. The molecule has 0 saturated carbocycles. The highest BCUT2D eigenvalue weighted by Gasteiger charge is 2.11. The normalized spacial score (nSPS) is 11.2. The highest BCUT2D eigenvalue weighted by atomic mass is 127. The van der Waals surface area contributed by atoms with E-state index in [1.54, 1.807) is 18.4 Å². The van der Waals surface area contributed by atoms with Gasteiger partial charge in [0.1, 0.15) is 0 Å². The summed E-state index contributed by atoms with van der Waals surface area (Å²) in [5.74, 6) is 1.76. The van der Waals surface area contributed by atoms with Gasteiger partial charge in [0.15, 0.2) is 5.96 Å². The molecule has 24 heavy (non-hydrogen) atoms. The number of nitrogens with one attached hydrogen (secondary N) is 1. The first-order valence-corrected chi connectivity index (χ1v) is 8.45. The van der Waals surface area contributed by atoms with Crippen molar-refractivity contribution in [3.8, 4) is 0 Å². The van der Waals surface area contributed by atoms with Gasteiger partial charge < -0.3 is 19.7 Å². The number of aliphatic imine (C=N–C) groups is 1. The highest BCUT2D eigenvalue weighted by molar-refractivity contribution is 14.0. The standard InChI is InChI=1S/C15H23ClN6S.HI/c1-17-14(21(4)10-12-6-7-13(16)23-12)18-8-11-9-19-15(20(2)3)22(11)5;/h6-7,9H,8,10H2,1-5H3,(H,17,18);1H. The molecule has 2 heterocycles. The van der Waals surface area contributed by atoms with E-state index in [4.69, 9.17) is 11.6 Å². The topological polar surface area (TPSA) is 48.7 Å². The Labute approximate surface area is 169 Å². The zero-order valence-electron chi connectivity index (χ0n) is 14.6. The number of nitrogens with zero attached hydrogens (tertiary/aromatic N) is 5. The summed E-state index contributed by atoms with van der Waals surface area (Å²) in [7, 11) is 9.78. The molecular formula is C15H24ClIN6S. The summed E-state index contributed by atoms with van der Waals surface area (Å²) in [4.78, 5) is 14.0. The molecule has 0 aliphatic heterocycles. The van der Waals surface area contributed by atoms with Crippen LogP contribution in [0.15, 0.2) is 23.3 Å². The van der Waals surface area contributed by atoms with Gasteiger partial charge in [-0.3, -0.25) is 4.99 Å². The fraction of sp³-hybridized carbons (Fsp3) is 0.467. The third-order valence-corrected chi connectivity index (χ3v) is 4.70. The van der Waals surface area contributed by atoms with E-state index in [-0.39, 0.29) is 24.0 Å². The molecule has 0 saturated heterocycles. The number of halogens is 2. The summed E-state index contributed by atoms with van der Waals surface area (Å²) in [6, 6.07) is 3.96. The third-order valence-electron chi connectivity index (χ3n) is 3.48. The quantitative estimate of drug-likeness (QED) is 0.404. The lowest BCUT2D eigenvalue weighted by Gasteiger charge is -2.21. The van der Waals surface area contributed by atoms with Crippen molar-refractivity contribution >= 4 is 58.8 Å². The van der Waals surface area contributed by atoms with E-state index in [1.165, 1.54) is 4.88 Å². The molecular weight excluding hydrogens is 459 g/mol. The van der Waals surface area contributed by atoms with Crippen LogP contribution in [0, 0.1) is 0 Å². The molecule has 0 aliphatic carbocycles. The lowest BCUT2D eigenvalue weighted by molar-refractivity contribution is 0.480. The maximum absolute atomic E-state index is 5.98. The number of anilines is 1. The molecule has 0 aliphatic rings. The monoisotopic (exact) mass is 482 g/mol. The SMILES string of the molecule is CN=C(NCc1cnc(N(C)C)n1C)N(C)Cc1ccc(Cl)s1.I. The number of thiophene rings is 1. The average Bonchev–Trinajstić information content (AvgIpc) is 3.06. The number of guanidine groups is 1. The van der Waals surface area contributed by atoms with Crippen LogP contribution in [0.4, 0.5) is 5.95 Å². The molecule has 0 aromatic carbocycles. The van der Waals surface area contributed by atoms with Crippen molar-refractivity contribution in [3.05, 3.63) is 33.2 Å². The smallest absolute Gasteiger partial charge is 0.204 e. The Bertz CT molecular complexity index is 681. The summed E-state index contributed by atoms with van der Waals surface area (Å²) in [6.07, 6.45) is 1.88. The van der Waals surface area contributed by atoms with Crippen LogP contribution in [0.25, 0.3) is 0 Å². The predicted octanol–water partition coefficient (Wildman–Crippen LogP) is 3.03. The molecule has 0 unspecified atom stereocenters. The van der Waals surface area contributed by atoms with Crippen molar-refractivity contribution in [1.82, 2.24) is 19.8 Å². The van der Waals surface area contributed by atoms with E-state index in [0.717, 1.165) is 28.5 Å². The minimum atomic E-state index is 0. The second-order valence-corrected chi connectivity index (χ2v) is 7.27. The first-order valence-electron chi connectivity index (χ1n) is 7.26. The maximum atomic E-state index is 5.98. The van der Waals surface area contributed by atoms with Gasteiger partial charge in [-0.05, 0) is 12.1 Å². The van der Waals surface area contributed by atoms with Crippen LogP contribution < -0.4 is 10.2 Å². The molecule has 0 radical (unpaired) electrons. The van der Waals surface area contributed by atoms with Crippen LogP contribution in [0.3, 0.4) is 0 Å². The van der Waals surface area contributed by atoms with Crippen molar-refractivity contribution < 1.29 is 0 Å². The van der Waals surface area contributed by atoms with Crippen molar-refractivity contribution in [2.24, 2.45) is 12.0 Å². The van der Waals surface area contributed by atoms with Gasteiger partial charge in [-0.2, -0.15) is 0 Å². The molecule has 0 amide bonds. The number of hydrogen-bond donors (Lipinski definition) is 1. The summed E-state index contributed by atoms with van der Waals surface area (Å²) in [6.45, 7) is 1.44. The van der Waals surface area contributed by atoms with Gasteiger partial charge in [0.2, 0.25) is 5.95 Å². The van der Waals surface area contributed by atoms with Crippen molar-refractivity contribution in [1.29, 1.82) is 0 Å². The molecule has 0 fully saturated rings. The zero-order valence-corrected chi connectivity index (χ0v) is 18.5. The van der Waals surface area contributed by atoms with Gasteiger partial charge in [-0.25, -0.2) is 4.98 Å². The fourth-order valence-corrected chi connectivity index (χ4v) is 3.45. The molecule has 2 rings (SSSR count). The number of imidazole rings is 1. The third kappa shape index (κ3) is 5.25. The molecule has 0 spiro atoms. The van der Waals surface area contributed by atoms with Crippen LogP contribution in [-0.2, 0) is 20.1 Å². The van der Waals surface area contributed by atoms with E-state index in [1.807, 2.05) is 51.4 Å². The van der Waals surface area contributed by atoms with Crippen LogP contribution >= 0.6 is 46.9 Å². The first kappa shape index (κ1) is 21.0. The van der Waals surface area contributed by atoms with E-state index >= 15 is 0 Å². The minimum Gasteiger partial charge on any atom is -0.351 e. The van der Waals surface area contributed by atoms with Gasteiger partial charge >= 0.3 is 0 Å². The Kier molecular flexibility index (Phi) is 8.31. The summed E-state index contributed by atoms with van der Waals surface area (Å²) in [5.41, 5.74) is 1.10. The zero-order chi connectivity index (χ0) is 17.0. The Hall–Kier alpha value is -1.000. The number of hydrogen-bond acceptors (Lipinski definition) is 4. The summed E-state index contributed by atoms with van der Waals surface area (Å²) < 4.78 is 2.88. The average molecular weight is 483 g/mol. The summed E-state index contributed by atoms with van der Waals surface area (Å²) in [5, 5.41) is 3.37. The Morgan fingerprint density at radius 3 is 2.58 bits per heavy atom. The van der Waals surface area contributed by atoms with E-state index in [9.17, 15) is 0 Å². The van der Waals surface area contributed by atoms with Crippen LogP contribution in [-0.4, -0.2) is 48.6 Å². The molecule has 9 heteroatoms. The minimum absolute atomic E-state index is 0. The van der Waals surface area contributed by atoms with E-state index < -0.39 is 0 Å².